The smallest absolute Gasteiger partial charge is 0.186 e. The van der Waals surface area contributed by atoms with Crippen molar-refractivity contribution in [2.24, 2.45) is 40.4 Å². The number of ether oxygens (including phenoxy) is 4. The Kier molecular flexibility index (Phi) is 7.29. The van der Waals surface area contributed by atoms with Crippen molar-refractivity contribution in [1.29, 1.82) is 0 Å². The van der Waals surface area contributed by atoms with Crippen molar-refractivity contribution < 1.29 is 44.5 Å². The van der Waals surface area contributed by atoms with E-state index in [0.29, 0.717) is 24.7 Å². The lowest BCUT2D eigenvalue weighted by molar-refractivity contribution is -0.313. The zero-order chi connectivity index (χ0) is 29.8. The molecule has 0 amide bonds. The van der Waals surface area contributed by atoms with E-state index >= 15 is 0 Å². The molecule has 42 heavy (non-hydrogen) atoms. The Labute approximate surface area is 249 Å². The number of aliphatic hydroxyl groups is 5. The first kappa shape index (κ1) is 30.1. The molecule has 238 valence electrons. The predicted molar refractivity (Wildman–Crippen MR) is 152 cm³/mol. The van der Waals surface area contributed by atoms with E-state index in [4.69, 9.17) is 18.9 Å². The van der Waals surface area contributed by atoms with E-state index in [-0.39, 0.29) is 40.8 Å². The van der Waals surface area contributed by atoms with Gasteiger partial charge in [-0.15, -0.1) is 0 Å². The Balaban J connectivity index is 1.08. The fourth-order valence-electron chi connectivity index (χ4n) is 11.1. The largest absolute Gasteiger partial charge is 0.394 e. The van der Waals surface area contributed by atoms with Gasteiger partial charge in [0.2, 0.25) is 0 Å². The third-order valence-electron chi connectivity index (χ3n) is 13.7. The van der Waals surface area contributed by atoms with Gasteiger partial charge in [-0.3, -0.25) is 0 Å². The number of fused-ring (bicyclic) bond motifs is 7. The van der Waals surface area contributed by atoms with Gasteiger partial charge in [0.1, 0.15) is 24.4 Å². The normalized spacial score (nSPS) is 59.0. The maximum absolute atomic E-state index is 12.7. The van der Waals surface area contributed by atoms with Gasteiger partial charge >= 0.3 is 0 Å². The van der Waals surface area contributed by atoms with E-state index in [2.05, 4.69) is 33.8 Å². The Hall–Kier alpha value is -0.620. The van der Waals surface area contributed by atoms with Gasteiger partial charge in [0.25, 0.3) is 0 Å². The molecule has 3 aliphatic heterocycles. The number of allylic oxidation sites excluding steroid dienone is 1. The number of hydrogen-bond donors (Lipinski definition) is 5. The van der Waals surface area contributed by atoms with Gasteiger partial charge in [0, 0.05) is 30.1 Å². The maximum Gasteiger partial charge on any atom is 0.186 e. The summed E-state index contributed by atoms with van der Waals surface area (Å²) in [7, 11) is 0. The molecule has 0 unspecified atom stereocenters. The lowest BCUT2D eigenvalue weighted by Gasteiger charge is -2.62. The summed E-state index contributed by atoms with van der Waals surface area (Å²) in [6.45, 7) is 9.54. The summed E-state index contributed by atoms with van der Waals surface area (Å²) in [5.74, 6) is 1.17. The monoisotopic (exact) mass is 592 g/mol. The van der Waals surface area contributed by atoms with E-state index in [1.54, 1.807) is 0 Å². The van der Waals surface area contributed by atoms with Crippen molar-refractivity contribution >= 4 is 0 Å². The zero-order valence-corrected chi connectivity index (χ0v) is 25.7. The van der Waals surface area contributed by atoms with Crippen molar-refractivity contribution in [3.05, 3.63) is 11.6 Å². The quantitative estimate of drug-likeness (QED) is 0.313. The van der Waals surface area contributed by atoms with E-state index < -0.39 is 48.7 Å². The molecule has 0 radical (unpaired) electrons. The molecule has 3 saturated heterocycles. The van der Waals surface area contributed by atoms with Crippen LogP contribution < -0.4 is 0 Å². The van der Waals surface area contributed by atoms with Crippen molar-refractivity contribution in [2.75, 3.05) is 13.2 Å². The molecule has 7 aliphatic rings. The second kappa shape index (κ2) is 10.2. The molecule has 16 atom stereocenters. The van der Waals surface area contributed by atoms with Gasteiger partial charge in [-0.1, -0.05) is 39.3 Å². The van der Waals surface area contributed by atoms with Gasteiger partial charge in [-0.05, 0) is 68.1 Å². The number of rotatable bonds is 3. The zero-order valence-electron chi connectivity index (χ0n) is 25.7. The highest BCUT2D eigenvalue weighted by molar-refractivity contribution is 5.29. The minimum atomic E-state index is -1.44. The topological polar surface area (TPSA) is 138 Å². The van der Waals surface area contributed by atoms with Gasteiger partial charge in [-0.25, -0.2) is 0 Å². The summed E-state index contributed by atoms with van der Waals surface area (Å²) in [5.41, 5.74) is 0.323. The summed E-state index contributed by atoms with van der Waals surface area (Å²) >= 11 is 0. The molecule has 1 spiro atoms. The van der Waals surface area contributed by atoms with Gasteiger partial charge in [0.15, 0.2) is 12.1 Å². The maximum atomic E-state index is 12.7. The molecule has 9 nitrogen and oxygen atoms in total. The van der Waals surface area contributed by atoms with Gasteiger partial charge in [0.05, 0.1) is 31.0 Å². The Morgan fingerprint density at radius 1 is 0.976 bits per heavy atom. The van der Waals surface area contributed by atoms with E-state index in [0.717, 1.165) is 51.6 Å². The van der Waals surface area contributed by atoms with E-state index in [9.17, 15) is 25.5 Å². The second-order valence-corrected chi connectivity index (χ2v) is 15.6. The first-order chi connectivity index (χ1) is 19.9. The predicted octanol–water partition coefficient (Wildman–Crippen LogP) is 2.65. The molecule has 7 rings (SSSR count). The lowest BCUT2D eigenvalue weighted by Crippen LogP contribution is -2.62. The fraction of sp³-hybridized carbons (Fsp3) is 0.939. The van der Waals surface area contributed by atoms with Crippen LogP contribution in [0, 0.1) is 40.4 Å². The molecule has 0 aromatic heterocycles. The summed E-state index contributed by atoms with van der Waals surface area (Å²) in [6, 6.07) is 0. The molecule has 6 fully saturated rings. The van der Waals surface area contributed by atoms with Crippen LogP contribution in [0.25, 0.3) is 0 Å². The fourth-order valence-corrected chi connectivity index (χ4v) is 11.1. The highest BCUT2D eigenvalue weighted by Gasteiger charge is 2.74. The highest BCUT2D eigenvalue weighted by atomic mass is 16.7. The summed E-state index contributed by atoms with van der Waals surface area (Å²) < 4.78 is 25.1. The molecular weight excluding hydrogens is 540 g/mol. The third kappa shape index (κ3) is 4.07. The SMILES string of the molecule is C[C@@H]1CC[C@@]2(OC1)O[C@H]1C[C@@]3(O)[C@@H]4CC=C5C[C@@H](O[C@H]6O[C@@H](CO)[C@H](O)[C@@H](O)[C@@H]6O)CC[C@]5(C)[C@H]4CC[C@]3(C)[C@H]1[C@@H]2C. The first-order valence-corrected chi connectivity index (χ1v) is 16.6. The standard InChI is InChI=1S/C33H52O9/c1-17-7-12-33(39-16-17)18(2)25-23(42-33)14-32(38)22-6-5-19-13-20(8-10-30(19,3)21(22)9-11-31(25,32)4)40-29-28(37)27(36)26(35)24(15-34)41-29/h5,17-18,20-29,34-38H,6-16H2,1-4H3/t17-,18+,20+,21+,22-,23+,24+,25+,26+,27-,28+,29+,30+,31-,32-,33-/m1/s1. The van der Waals surface area contributed by atoms with Crippen LogP contribution in [0.15, 0.2) is 11.6 Å². The molecule has 5 N–H and O–H groups in total. The summed E-state index contributed by atoms with van der Waals surface area (Å²) in [4.78, 5) is 0. The van der Waals surface area contributed by atoms with Crippen LogP contribution in [0.4, 0.5) is 0 Å². The van der Waals surface area contributed by atoms with Crippen LogP contribution >= 0.6 is 0 Å². The van der Waals surface area contributed by atoms with Crippen LogP contribution in [-0.2, 0) is 18.9 Å². The molecule has 0 aromatic carbocycles. The van der Waals surface area contributed by atoms with E-state index in [1.165, 1.54) is 5.57 Å². The molecular formula is C33H52O9. The van der Waals surface area contributed by atoms with Crippen molar-refractivity contribution in [3.8, 4) is 0 Å². The van der Waals surface area contributed by atoms with Crippen molar-refractivity contribution in [3.63, 3.8) is 0 Å². The molecule has 3 heterocycles. The van der Waals surface area contributed by atoms with Crippen molar-refractivity contribution in [1.82, 2.24) is 0 Å². The molecule has 4 aliphatic carbocycles. The van der Waals surface area contributed by atoms with Gasteiger partial charge in [-0.2, -0.15) is 0 Å². The minimum absolute atomic E-state index is 0.0306. The molecule has 9 heteroatoms. The molecule has 0 aromatic rings. The average molecular weight is 593 g/mol. The third-order valence-corrected chi connectivity index (χ3v) is 13.7. The lowest BCUT2D eigenvalue weighted by atomic mass is 9.45. The first-order valence-electron chi connectivity index (χ1n) is 16.6. The van der Waals surface area contributed by atoms with Crippen LogP contribution in [-0.4, -0.2) is 93.0 Å². The Morgan fingerprint density at radius 3 is 2.48 bits per heavy atom. The van der Waals surface area contributed by atoms with Crippen molar-refractivity contribution in [2.45, 2.75) is 140 Å². The molecule has 0 bridgehead atoms. The summed E-state index contributed by atoms with van der Waals surface area (Å²) in [5, 5.41) is 53.1. The summed E-state index contributed by atoms with van der Waals surface area (Å²) in [6.07, 6.45) is 3.90. The van der Waals surface area contributed by atoms with Crippen LogP contribution in [0.2, 0.25) is 0 Å². The molecule has 3 saturated carbocycles. The second-order valence-electron chi connectivity index (χ2n) is 15.6. The van der Waals surface area contributed by atoms with Crippen LogP contribution in [0.3, 0.4) is 0 Å². The van der Waals surface area contributed by atoms with E-state index in [1.807, 2.05) is 0 Å². The Morgan fingerprint density at radius 2 is 1.76 bits per heavy atom. The minimum Gasteiger partial charge on any atom is -0.394 e. The van der Waals surface area contributed by atoms with Crippen LogP contribution in [0.5, 0.6) is 0 Å². The van der Waals surface area contributed by atoms with Gasteiger partial charge < -0.3 is 44.5 Å². The average Bonchev–Trinajstić information content (AvgIpc) is 3.36. The Bertz CT molecular complexity index is 1070. The highest BCUT2D eigenvalue weighted by Crippen LogP contribution is 2.72. The number of aliphatic hydroxyl groups excluding tert-OH is 4. The number of hydrogen-bond acceptors (Lipinski definition) is 9. The van der Waals surface area contributed by atoms with Crippen LogP contribution in [0.1, 0.15) is 85.5 Å².